The SMILES string of the molecule is Cl/N=N/c1ccccc1. The molecule has 0 bridgehead atoms. The Morgan fingerprint density at radius 1 is 1.11 bits per heavy atom. The van der Waals surface area contributed by atoms with Crippen LogP contribution in [0.4, 0.5) is 5.69 Å². The summed E-state index contributed by atoms with van der Waals surface area (Å²) in [6.07, 6.45) is 0. The molecule has 0 fully saturated rings. The summed E-state index contributed by atoms with van der Waals surface area (Å²) in [5, 5.41) is 3.60. The van der Waals surface area contributed by atoms with Gasteiger partial charge < -0.3 is 0 Å². The monoisotopic (exact) mass is 140 g/mol. The molecule has 1 aromatic rings. The Hall–Kier alpha value is -0.890. The van der Waals surface area contributed by atoms with Crippen molar-refractivity contribution in [2.75, 3.05) is 0 Å². The van der Waals surface area contributed by atoms with Crippen molar-refractivity contribution in [1.29, 1.82) is 0 Å². The molecule has 1 rings (SSSR count). The molecule has 0 unspecified atom stereocenters. The lowest BCUT2D eigenvalue weighted by molar-refractivity contribution is 1.33. The van der Waals surface area contributed by atoms with Crippen molar-refractivity contribution in [2.45, 2.75) is 0 Å². The molecule has 0 aliphatic heterocycles. The van der Waals surface area contributed by atoms with Crippen molar-refractivity contribution in [3.8, 4) is 0 Å². The molecule has 0 spiro atoms. The summed E-state index contributed by atoms with van der Waals surface area (Å²) in [4.78, 5) is 0. The maximum absolute atomic E-state index is 4.99. The molecule has 0 radical (unpaired) electrons. The molecule has 3 heteroatoms. The van der Waals surface area contributed by atoms with Crippen LogP contribution in [0.2, 0.25) is 0 Å². The summed E-state index contributed by atoms with van der Waals surface area (Å²) in [5.41, 5.74) is 0.771. The highest BCUT2D eigenvalue weighted by atomic mass is 35.5. The average molecular weight is 141 g/mol. The Bertz CT molecular complexity index is 195. The topological polar surface area (TPSA) is 24.7 Å². The Morgan fingerprint density at radius 3 is 2.33 bits per heavy atom. The molecule has 0 saturated heterocycles. The van der Waals surface area contributed by atoms with Crippen LogP contribution < -0.4 is 0 Å². The smallest absolute Gasteiger partial charge is 0.0868 e. The fraction of sp³-hybridized carbons (Fsp3) is 0. The second-order valence-electron chi connectivity index (χ2n) is 1.51. The highest BCUT2D eigenvalue weighted by molar-refractivity contribution is 6.14. The van der Waals surface area contributed by atoms with E-state index < -0.39 is 0 Å². The van der Waals surface area contributed by atoms with Gasteiger partial charge in [0.05, 0.1) is 17.5 Å². The van der Waals surface area contributed by atoms with E-state index >= 15 is 0 Å². The Morgan fingerprint density at radius 2 is 1.78 bits per heavy atom. The predicted octanol–water partition coefficient (Wildman–Crippen LogP) is 2.92. The van der Waals surface area contributed by atoms with Crippen molar-refractivity contribution >= 4 is 17.5 Å². The molecular weight excluding hydrogens is 136 g/mol. The van der Waals surface area contributed by atoms with Gasteiger partial charge in [-0.2, -0.15) is 0 Å². The third-order valence-electron chi connectivity index (χ3n) is 0.909. The van der Waals surface area contributed by atoms with Gasteiger partial charge in [0, 0.05) is 0 Å². The van der Waals surface area contributed by atoms with Crippen LogP contribution in [-0.2, 0) is 0 Å². The zero-order valence-electron chi connectivity index (χ0n) is 4.66. The summed E-state index contributed by atoms with van der Waals surface area (Å²) in [6, 6.07) is 9.31. The lowest BCUT2D eigenvalue weighted by Crippen LogP contribution is -1.57. The van der Waals surface area contributed by atoms with E-state index in [1.807, 2.05) is 30.3 Å². The first-order valence-corrected chi connectivity index (χ1v) is 2.84. The van der Waals surface area contributed by atoms with Crippen LogP contribution in [0.1, 0.15) is 0 Å². The Balaban J connectivity index is 2.85. The highest BCUT2D eigenvalue weighted by Gasteiger charge is 1.80. The average Bonchev–Trinajstić information content (AvgIpc) is 1.91. The summed E-state index contributed by atoms with van der Waals surface area (Å²) in [7, 11) is 0. The van der Waals surface area contributed by atoms with Crippen LogP contribution in [0.15, 0.2) is 40.1 Å². The van der Waals surface area contributed by atoms with Crippen molar-refractivity contribution in [3.05, 3.63) is 30.3 Å². The minimum Gasteiger partial charge on any atom is -0.138 e. The summed E-state index contributed by atoms with van der Waals surface area (Å²) >= 11 is 4.99. The van der Waals surface area contributed by atoms with E-state index in [0.29, 0.717) is 0 Å². The maximum Gasteiger partial charge on any atom is 0.0868 e. The summed E-state index contributed by atoms with van der Waals surface area (Å²) < 4.78 is 3.10. The van der Waals surface area contributed by atoms with Gasteiger partial charge in [0.15, 0.2) is 0 Å². The van der Waals surface area contributed by atoms with Gasteiger partial charge in [-0.3, -0.25) is 0 Å². The Kier molecular flexibility index (Phi) is 2.22. The number of hydrogen-bond donors (Lipinski definition) is 0. The van der Waals surface area contributed by atoms with E-state index in [4.69, 9.17) is 11.8 Å². The first kappa shape index (κ1) is 6.23. The van der Waals surface area contributed by atoms with Crippen molar-refractivity contribution in [2.24, 2.45) is 9.75 Å². The normalized spacial score (nSPS) is 10.3. The van der Waals surface area contributed by atoms with E-state index in [1.54, 1.807) is 0 Å². The first-order valence-electron chi connectivity index (χ1n) is 2.50. The molecule has 9 heavy (non-hydrogen) atoms. The van der Waals surface area contributed by atoms with Gasteiger partial charge in [0.2, 0.25) is 0 Å². The van der Waals surface area contributed by atoms with E-state index in [0.717, 1.165) is 5.69 Å². The maximum atomic E-state index is 4.99. The lowest BCUT2D eigenvalue weighted by atomic mass is 10.3. The van der Waals surface area contributed by atoms with Crippen LogP contribution in [0.25, 0.3) is 0 Å². The predicted molar refractivity (Wildman–Crippen MR) is 36.8 cm³/mol. The molecule has 2 nitrogen and oxygen atoms in total. The Labute approximate surface area is 58.3 Å². The van der Waals surface area contributed by atoms with Crippen LogP contribution in [0.5, 0.6) is 0 Å². The van der Waals surface area contributed by atoms with Crippen LogP contribution in [-0.4, -0.2) is 0 Å². The van der Waals surface area contributed by atoms with Gasteiger partial charge in [-0.25, -0.2) is 0 Å². The fourth-order valence-corrected chi connectivity index (χ4v) is 0.626. The molecule has 0 heterocycles. The summed E-state index contributed by atoms with van der Waals surface area (Å²) in [5.74, 6) is 0. The van der Waals surface area contributed by atoms with Crippen molar-refractivity contribution in [1.82, 2.24) is 0 Å². The van der Waals surface area contributed by atoms with Crippen molar-refractivity contribution in [3.63, 3.8) is 0 Å². The molecule has 0 aliphatic carbocycles. The molecular formula is C6H5ClN2. The zero-order valence-corrected chi connectivity index (χ0v) is 5.42. The third kappa shape index (κ3) is 1.82. The highest BCUT2D eigenvalue weighted by Crippen LogP contribution is 2.09. The lowest BCUT2D eigenvalue weighted by Gasteiger charge is -1.84. The number of hydrogen-bond acceptors (Lipinski definition) is 2. The van der Waals surface area contributed by atoms with E-state index in [1.165, 1.54) is 0 Å². The largest absolute Gasteiger partial charge is 0.138 e. The minimum atomic E-state index is 0.771. The van der Waals surface area contributed by atoms with Gasteiger partial charge in [-0.15, -0.1) is 5.11 Å². The zero-order chi connectivity index (χ0) is 6.53. The molecule has 0 amide bonds. The fourth-order valence-electron chi connectivity index (χ4n) is 0.538. The molecule has 0 atom stereocenters. The molecule has 0 N–H and O–H groups in total. The third-order valence-corrected chi connectivity index (χ3v) is 0.985. The quantitative estimate of drug-likeness (QED) is 0.536. The van der Waals surface area contributed by atoms with Gasteiger partial charge >= 0.3 is 0 Å². The molecule has 1 aromatic carbocycles. The van der Waals surface area contributed by atoms with Crippen LogP contribution >= 0.6 is 11.8 Å². The van der Waals surface area contributed by atoms with Crippen LogP contribution in [0, 0.1) is 0 Å². The summed E-state index contributed by atoms with van der Waals surface area (Å²) in [6.45, 7) is 0. The van der Waals surface area contributed by atoms with Gasteiger partial charge in [0.25, 0.3) is 0 Å². The first-order chi connectivity index (χ1) is 4.43. The van der Waals surface area contributed by atoms with Gasteiger partial charge in [-0.05, 0) is 12.1 Å². The molecule has 0 saturated carbocycles. The van der Waals surface area contributed by atoms with Crippen LogP contribution in [0.3, 0.4) is 0 Å². The number of halogens is 1. The van der Waals surface area contributed by atoms with Crippen molar-refractivity contribution < 1.29 is 0 Å². The second-order valence-corrected chi connectivity index (χ2v) is 1.66. The second kappa shape index (κ2) is 3.20. The van der Waals surface area contributed by atoms with Gasteiger partial charge in [0.1, 0.15) is 0 Å². The van der Waals surface area contributed by atoms with Gasteiger partial charge in [-0.1, -0.05) is 22.8 Å². The van der Waals surface area contributed by atoms with E-state index in [-0.39, 0.29) is 0 Å². The minimum absolute atomic E-state index is 0.771. The molecule has 46 valence electrons. The standard InChI is InChI=1S/C6H5ClN2/c7-9-8-6-4-2-1-3-5-6/h1-5H/b9-8+. The number of benzene rings is 1. The number of rotatable bonds is 1. The van der Waals surface area contributed by atoms with E-state index in [2.05, 4.69) is 9.75 Å². The van der Waals surface area contributed by atoms with E-state index in [9.17, 15) is 0 Å². The molecule has 0 aromatic heterocycles. The number of nitrogens with zero attached hydrogens (tertiary/aromatic N) is 2. The molecule has 0 aliphatic rings.